The van der Waals surface area contributed by atoms with Crippen LogP contribution >= 0.6 is 11.3 Å². The third-order valence-electron chi connectivity index (χ3n) is 3.59. The van der Waals surface area contributed by atoms with Crippen molar-refractivity contribution >= 4 is 11.3 Å². The molecule has 1 N–H and O–H groups in total. The van der Waals surface area contributed by atoms with Crippen LogP contribution in [0.25, 0.3) is 0 Å². The second kappa shape index (κ2) is 5.28. The number of rotatable bonds is 4. The van der Waals surface area contributed by atoms with Gasteiger partial charge in [0.25, 0.3) is 0 Å². The second-order valence-electron chi connectivity index (χ2n) is 4.90. The molecule has 0 saturated carbocycles. The molecule has 2 unspecified atom stereocenters. The molecule has 0 amide bonds. The third kappa shape index (κ3) is 3.05. The first kappa shape index (κ1) is 12.1. The standard InChI is InChI=1S/C13H20FNS/c1-13(14,11-4-2-8-15-10-11)7-6-12-5-3-9-16-12/h3,5,9,11,15H,2,4,6-8,10H2,1H3. The van der Waals surface area contributed by atoms with Crippen molar-refractivity contribution in [3.63, 3.8) is 0 Å². The summed E-state index contributed by atoms with van der Waals surface area (Å²) in [4.78, 5) is 1.30. The summed E-state index contributed by atoms with van der Waals surface area (Å²) in [6.07, 6.45) is 3.68. The van der Waals surface area contributed by atoms with Crippen LogP contribution in [0, 0.1) is 5.92 Å². The number of thiophene rings is 1. The molecule has 1 aromatic heterocycles. The SMILES string of the molecule is CC(F)(CCc1cccs1)C1CCCNC1. The Morgan fingerprint density at radius 3 is 3.12 bits per heavy atom. The van der Waals surface area contributed by atoms with E-state index >= 15 is 0 Å². The van der Waals surface area contributed by atoms with Gasteiger partial charge in [-0.3, -0.25) is 0 Å². The van der Waals surface area contributed by atoms with Gasteiger partial charge in [0.05, 0.1) is 0 Å². The monoisotopic (exact) mass is 241 g/mol. The fourth-order valence-corrected chi connectivity index (χ4v) is 3.10. The summed E-state index contributed by atoms with van der Waals surface area (Å²) < 4.78 is 14.5. The lowest BCUT2D eigenvalue weighted by molar-refractivity contribution is 0.0743. The summed E-state index contributed by atoms with van der Waals surface area (Å²) in [6, 6.07) is 4.14. The Labute approximate surface area is 101 Å². The van der Waals surface area contributed by atoms with Gasteiger partial charge in [0, 0.05) is 17.3 Å². The van der Waals surface area contributed by atoms with Gasteiger partial charge in [-0.25, -0.2) is 4.39 Å². The molecule has 1 fully saturated rings. The summed E-state index contributed by atoms with van der Waals surface area (Å²) >= 11 is 1.73. The van der Waals surface area contributed by atoms with E-state index in [0.29, 0.717) is 6.42 Å². The Hall–Kier alpha value is -0.410. The van der Waals surface area contributed by atoms with Gasteiger partial charge in [-0.2, -0.15) is 0 Å². The fraction of sp³-hybridized carbons (Fsp3) is 0.692. The molecule has 2 heterocycles. The number of aryl methyl sites for hydroxylation is 1. The molecule has 1 aliphatic rings. The van der Waals surface area contributed by atoms with Crippen LogP contribution in [0.3, 0.4) is 0 Å². The normalized spacial score (nSPS) is 25.2. The quantitative estimate of drug-likeness (QED) is 0.852. The van der Waals surface area contributed by atoms with E-state index in [2.05, 4.69) is 16.8 Å². The average molecular weight is 241 g/mol. The molecule has 0 bridgehead atoms. The van der Waals surface area contributed by atoms with Crippen LogP contribution < -0.4 is 5.32 Å². The summed E-state index contributed by atoms with van der Waals surface area (Å²) in [5.41, 5.74) is -1.02. The molecule has 0 aromatic carbocycles. The molecule has 0 aliphatic carbocycles. The smallest absolute Gasteiger partial charge is 0.112 e. The maximum Gasteiger partial charge on any atom is 0.112 e. The highest BCUT2D eigenvalue weighted by atomic mass is 32.1. The first-order valence-corrected chi connectivity index (χ1v) is 6.98. The first-order chi connectivity index (χ1) is 7.68. The minimum Gasteiger partial charge on any atom is -0.316 e. The van der Waals surface area contributed by atoms with E-state index in [1.165, 1.54) is 4.88 Å². The van der Waals surface area contributed by atoms with Crippen LogP contribution in [-0.2, 0) is 6.42 Å². The molecule has 16 heavy (non-hydrogen) atoms. The minimum atomic E-state index is -1.02. The second-order valence-corrected chi connectivity index (χ2v) is 5.93. The number of piperidine rings is 1. The third-order valence-corrected chi connectivity index (χ3v) is 4.52. The van der Waals surface area contributed by atoms with Crippen molar-refractivity contribution in [1.29, 1.82) is 0 Å². The molecule has 2 atom stereocenters. The number of halogens is 1. The Balaban J connectivity index is 1.86. The molecule has 0 radical (unpaired) electrons. The van der Waals surface area contributed by atoms with Gasteiger partial charge in [-0.05, 0) is 50.6 Å². The molecule has 1 aliphatic heterocycles. The zero-order valence-corrected chi connectivity index (χ0v) is 10.7. The van der Waals surface area contributed by atoms with E-state index in [1.807, 2.05) is 6.07 Å². The molecular formula is C13H20FNS. The van der Waals surface area contributed by atoms with Crippen molar-refractivity contribution in [1.82, 2.24) is 5.32 Å². The predicted molar refractivity (Wildman–Crippen MR) is 67.7 cm³/mol. The molecule has 3 heteroatoms. The van der Waals surface area contributed by atoms with E-state index in [9.17, 15) is 4.39 Å². The maximum absolute atomic E-state index is 14.5. The number of nitrogens with one attached hydrogen (secondary N) is 1. The molecule has 1 aromatic rings. The molecule has 2 rings (SSSR count). The van der Waals surface area contributed by atoms with Crippen molar-refractivity contribution in [2.24, 2.45) is 5.92 Å². The zero-order valence-electron chi connectivity index (χ0n) is 9.84. The topological polar surface area (TPSA) is 12.0 Å². The van der Waals surface area contributed by atoms with Gasteiger partial charge in [-0.1, -0.05) is 6.07 Å². The van der Waals surface area contributed by atoms with Crippen molar-refractivity contribution in [3.05, 3.63) is 22.4 Å². The van der Waals surface area contributed by atoms with E-state index in [0.717, 1.165) is 32.4 Å². The molecule has 1 saturated heterocycles. The molecule has 1 nitrogen and oxygen atoms in total. The zero-order chi connectivity index (χ0) is 11.4. The van der Waals surface area contributed by atoms with Gasteiger partial charge < -0.3 is 5.32 Å². The minimum absolute atomic E-state index is 0.196. The van der Waals surface area contributed by atoms with Crippen molar-refractivity contribution in [2.45, 2.75) is 38.3 Å². The lowest BCUT2D eigenvalue weighted by Gasteiger charge is -2.33. The Kier molecular flexibility index (Phi) is 3.98. The summed E-state index contributed by atoms with van der Waals surface area (Å²) in [6.45, 7) is 3.67. The lowest BCUT2D eigenvalue weighted by Crippen LogP contribution is -2.41. The van der Waals surface area contributed by atoms with Crippen LogP contribution in [0.15, 0.2) is 17.5 Å². The predicted octanol–water partition coefficient (Wildman–Crippen LogP) is 3.41. The van der Waals surface area contributed by atoms with Crippen LogP contribution in [0.4, 0.5) is 4.39 Å². The van der Waals surface area contributed by atoms with Gasteiger partial charge in [0.2, 0.25) is 0 Å². The number of hydrogen-bond donors (Lipinski definition) is 1. The van der Waals surface area contributed by atoms with Gasteiger partial charge in [0.1, 0.15) is 5.67 Å². The molecule has 0 spiro atoms. The molecule has 90 valence electrons. The van der Waals surface area contributed by atoms with Crippen LogP contribution in [-0.4, -0.2) is 18.8 Å². The van der Waals surface area contributed by atoms with Crippen LogP contribution in [0.2, 0.25) is 0 Å². The average Bonchev–Trinajstić information content (AvgIpc) is 2.81. The van der Waals surface area contributed by atoms with E-state index in [1.54, 1.807) is 18.3 Å². The highest BCUT2D eigenvalue weighted by molar-refractivity contribution is 7.09. The van der Waals surface area contributed by atoms with Crippen LogP contribution in [0.5, 0.6) is 0 Å². The lowest BCUT2D eigenvalue weighted by atomic mass is 9.82. The molecular weight excluding hydrogens is 221 g/mol. The highest BCUT2D eigenvalue weighted by Gasteiger charge is 2.34. The fourth-order valence-electron chi connectivity index (χ4n) is 2.39. The van der Waals surface area contributed by atoms with Gasteiger partial charge >= 0.3 is 0 Å². The van der Waals surface area contributed by atoms with E-state index in [4.69, 9.17) is 0 Å². The Morgan fingerprint density at radius 2 is 2.50 bits per heavy atom. The van der Waals surface area contributed by atoms with Crippen LogP contribution in [0.1, 0.15) is 31.1 Å². The highest BCUT2D eigenvalue weighted by Crippen LogP contribution is 2.32. The Morgan fingerprint density at radius 1 is 1.62 bits per heavy atom. The largest absolute Gasteiger partial charge is 0.316 e. The van der Waals surface area contributed by atoms with Gasteiger partial charge in [0.15, 0.2) is 0 Å². The first-order valence-electron chi connectivity index (χ1n) is 6.10. The van der Waals surface area contributed by atoms with Gasteiger partial charge in [-0.15, -0.1) is 11.3 Å². The van der Waals surface area contributed by atoms with Crippen molar-refractivity contribution in [3.8, 4) is 0 Å². The van der Waals surface area contributed by atoms with E-state index < -0.39 is 5.67 Å². The van der Waals surface area contributed by atoms with Crippen molar-refractivity contribution in [2.75, 3.05) is 13.1 Å². The Bertz CT molecular complexity index is 302. The maximum atomic E-state index is 14.5. The van der Waals surface area contributed by atoms with Crippen molar-refractivity contribution < 1.29 is 4.39 Å². The summed E-state index contributed by atoms with van der Waals surface area (Å²) in [7, 11) is 0. The number of hydrogen-bond acceptors (Lipinski definition) is 2. The summed E-state index contributed by atoms with van der Waals surface area (Å²) in [5, 5.41) is 5.36. The van der Waals surface area contributed by atoms with E-state index in [-0.39, 0.29) is 5.92 Å². The number of alkyl halides is 1. The summed E-state index contributed by atoms with van der Waals surface area (Å²) in [5.74, 6) is 0.196.